The highest BCUT2D eigenvalue weighted by molar-refractivity contribution is 9.12. The molecule has 0 saturated heterocycles. The first-order valence-electron chi connectivity index (χ1n) is 12.7. The van der Waals surface area contributed by atoms with Crippen molar-refractivity contribution in [2.24, 2.45) is 46.3 Å². The standard InChI is InChI=1S/C28H42Br2O/c1-16(2)17(3)25(29)26(30)18(4)22-9-10-23-21-8-7-19-15-20(31)11-13-27(19,5)24(21)12-14-28(22,23)6/h8,15-18,22-26H,7,9-14H2,1-6H3/t17-,18+,22?,23?,24?,25?,26?,27?,28?/m1/s1. The van der Waals surface area contributed by atoms with Crippen LogP contribution < -0.4 is 0 Å². The SMILES string of the molecule is CC(C)[C@@H](C)C(Br)C(Br)[C@@H](C)C1CCC2C3=CCC4=CC(=O)CCC4(C)C3CCC21C. The van der Waals surface area contributed by atoms with E-state index in [1.54, 1.807) is 5.57 Å². The van der Waals surface area contributed by atoms with E-state index < -0.39 is 0 Å². The molecule has 0 N–H and O–H groups in total. The predicted octanol–water partition coefficient (Wildman–Crippen LogP) is 8.51. The molecule has 1 nitrogen and oxygen atoms in total. The minimum Gasteiger partial charge on any atom is -0.295 e. The van der Waals surface area contributed by atoms with E-state index >= 15 is 0 Å². The molecule has 0 radical (unpaired) electrons. The van der Waals surface area contributed by atoms with Gasteiger partial charge < -0.3 is 0 Å². The lowest BCUT2D eigenvalue weighted by molar-refractivity contribution is -0.116. The van der Waals surface area contributed by atoms with Crippen molar-refractivity contribution in [1.29, 1.82) is 0 Å². The van der Waals surface area contributed by atoms with Gasteiger partial charge in [0.15, 0.2) is 5.78 Å². The fourth-order valence-corrected chi connectivity index (χ4v) is 9.87. The number of allylic oxidation sites excluding steroid dienone is 4. The van der Waals surface area contributed by atoms with Crippen molar-refractivity contribution in [3.8, 4) is 0 Å². The minimum absolute atomic E-state index is 0.231. The molecule has 0 amide bonds. The van der Waals surface area contributed by atoms with Crippen LogP contribution in [0.3, 0.4) is 0 Å². The number of fused-ring (bicyclic) bond motifs is 5. The normalized spacial score (nSPS) is 41.5. The summed E-state index contributed by atoms with van der Waals surface area (Å²) in [5, 5.41) is 0. The lowest BCUT2D eigenvalue weighted by atomic mass is 9.49. The van der Waals surface area contributed by atoms with Crippen LogP contribution in [0.1, 0.15) is 86.5 Å². The number of carbonyl (C=O) groups is 1. The first kappa shape index (κ1) is 24.2. The van der Waals surface area contributed by atoms with E-state index in [-0.39, 0.29) is 5.41 Å². The molecule has 0 aromatic heterocycles. The zero-order valence-corrected chi connectivity index (χ0v) is 23.6. The molecule has 31 heavy (non-hydrogen) atoms. The number of hydrogen-bond acceptors (Lipinski definition) is 1. The van der Waals surface area contributed by atoms with Crippen LogP contribution in [0.2, 0.25) is 0 Å². The number of alkyl halides is 2. The number of rotatable bonds is 5. The Labute approximate surface area is 207 Å². The number of ketones is 1. The van der Waals surface area contributed by atoms with Gasteiger partial charge in [0, 0.05) is 16.1 Å². The van der Waals surface area contributed by atoms with Crippen LogP contribution >= 0.6 is 31.9 Å². The van der Waals surface area contributed by atoms with Crippen molar-refractivity contribution in [3.63, 3.8) is 0 Å². The molecule has 0 aromatic carbocycles. The highest BCUT2D eigenvalue weighted by Crippen LogP contribution is 2.66. The molecule has 0 spiro atoms. The van der Waals surface area contributed by atoms with Gasteiger partial charge in [-0.25, -0.2) is 0 Å². The molecule has 0 heterocycles. The third-order valence-corrected chi connectivity index (χ3v) is 14.0. The quantitative estimate of drug-likeness (QED) is 0.246. The van der Waals surface area contributed by atoms with E-state index in [4.69, 9.17) is 0 Å². The average Bonchev–Trinajstić information content (AvgIpc) is 3.09. The Hall–Kier alpha value is 0.110. The van der Waals surface area contributed by atoms with Gasteiger partial charge in [-0.15, -0.1) is 0 Å². The summed E-state index contributed by atoms with van der Waals surface area (Å²) >= 11 is 8.23. The summed E-state index contributed by atoms with van der Waals surface area (Å²) in [6, 6.07) is 0. The number of carbonyl (C=O) groups excluding carboxylic acids is 1. The van der Waals surface area contributed by atoms with Crippen molar-refractivity contribution in [3.05, 3.63) is 23.3 Å². The fraction of sp³-hybridized carbons (Fsp3) is 0.821. The fourth-order valence-electron chi connectivity index (χ4n) is 7.93. The third-order valence-electron chi connectivity index (χ3n) is 10.5. The second-order valence-electron chi connectivity index (χ2n) is 12.1. The Morgan fingerprint density at radius 1 is 0.968 bits per heavy atom. The van der Waals surface area contributed by atoms with Crippen molar-refractivity contribution in [2.45, 2.75) is 96.1 Å². The van der Waals surface area contributed by atoms with Crippen molar-refractivity contribution < 1.29 is 4.79 Å². The van der Waals surface area contributed by atoms with Crippen molar-refractivity contribution in [2.75, 3.05) is 0 Å². The summed E-state index contributed by atoms with van der Waals surface area (Å²) in [5.74, 6) is 4.55. The molecule has 2 fully saturated rings. The first-order chi connectivity index (χ1) is 14.5. The summed E-state index contributed by atoms with van der Waals surface area (Å²) in [4.78, 5) is 13.1. The maximum atomic E-state index is 12.1. The topological polar surface area (TPSA) is 17.1 Å². The number of hydrogen-bond donors (Lipinski definition) is 0. The van der Waals surface area contributed by atoms with Gasteiger partial charge in [0.05, 0.1) is 0 Å². The predicted molar refractivity (Wildman–Crippen MR) is 139 cm³/mol. The summed E-state index contributed by atoms with van der Waals surface area (Å²) in [7, 11) is 0. The van der Waals surface area contributed by atoms with Gasteiger partial charge in [0.1, 0.15) is 0 Å². The van der Waals surface area contributed by atoms with Crippen molar-refractivity contribution >= 4 is 37.6 Å². The highest BCUT2D eigenvalue weighted by atomic mass is 79.9. The summed E-state index contributed by atoms with van der Waals surface area (Å²) in [6.45, 7) is 14.7. The van der Waals surface area contributed by atoms with E-state index in [0.29, 0.717) is 44.5 Å². The summed E-state index contributed by atoms with van der Waals surface area (Å²) in [5.41, 5.74) is 3.85. The van der Waals surface area contributed by atoms with Crippen LogP contribution in [0.25, 0.3) is 0 Å². The van der Waals surface area contributed by atoms with Crippen LogP contribution in [0.4, 0.5) is 0 Å². The highest BCUT2D eigenvalue weighted by Gasteiger charge is 2.57. The summed E-state index contributed by atoms with van der Waals surface area (Å²) < 4.78 is 0. The lowest BCUT2D eigenvalue weighted by Crippen LogP contribution is -2.47. The van der Waals surface area contributed by atoms with Gasteiger partial charge in [0.25, 0.3) is 0 Å². The van der Waals surface area contributed by atoms with Crippen LogP contribution in [0.5, 0.6) is 0 Å². The summed E-state index contributed by atoms with van der Waals surface area (Å²) in [6.07, 6.45) is 12.8. The monoisotopic (exact) mass is 552 g/mol. The Kier molecular flexibility index (Phi) is 6.81. The van der Waals surface area contributed by atoms with E-state index in [1.165, 1.54) is 31.3 Å². The molecular weight excluding hydrogens is 512 g/mol. The molecule has 9 atom stereocenters. The van der Waals surface area contributed by atoms with Crippen LogP contribution in [0, 0.1) is 46.3 Å². The van der Waals surface area contributed by atoms with Crippen molar-refractivity contribution in [1.82, 2.24) is 0 Å². The molecule has 0 aliphatic heterocycles. The zero-order chi connectivity index (χ0) is 22.7. The Morgan fingerprint density at radius 2 is 1.68 bits per heavy atom. The molecule has 7 unspecified atom stereocenters. The van der Waals surface area contributed by atoms with Gasteiger partial charge in [-0.3, -0.25) is 4.79 Å². The van der Waals surface area contributed by atoms with Crippen LogP contribution in [-0.4, -0.2) is 15.4 Å². The van der Waals surface area contributed by atoms with Gasteiger partial charge in [-0.2, -0.15) is 0 Å². The lowest BCUT2D eigenvalue weighted by Gasteiger charge is -2.55. The smallest absolute Gasteiger partial charge is 0.155 e. The molecule has 3 heteroatoms. The molecule has 0 bridgehead atoms. The molecule has 4 aliphatic carbocycles. The van der Waals surface area contributed by atoms with Crippen LogP contribution in [-0.2, 0) is 4.79 Å². The molecule has 2 saturated carbocycles. The molecule has 174 valence electrons. The average molecular weight is 554 g/mol. The third kappa shape index (κ3) is 3.90. The van der Waals surface area contributed by atoms with Crippen LogP contribution in [0.15, 0.2) is 23.3 Å². The molecule has 4 aliphatic rings. The second kappa shape index (κ2) is 8.71. The Bertz CT molecular complexity index is 782. The maximum absolute atomic E-state index is 12.1. The number of halogens is 2. The van der Waals surface area contributed by atoms with E-state index in [1.807, 2.05) is 6.08 Å². The first-order valence-corrected chi connectivity index (χ1v) is 14.6. The molecule has 0 aromatic rings. The van der Waals surface area contributed by atoms with Gasteiger partial charge in [-0.1, -0.05) is 90.6 Å². The second-order valence-corrected chi connectivity index (χ2v) is 14.3. The van der Waals surface area contributed by atoms with E-state index in [2.05, 4.69) is 79.5 Å². The molecule has 4 rings (SSSR count). The zero-order valence-electron chi connectivity index (χ0n) is 20.4. The minimum atomic E-state index is 0.231. The van der Waals surface area contributed by atoms with E-state index in [9.17, 15) is 4.79 Å². The Balaban J connectivity index is 1.57. The molecular formula is C28H42Br2O. The van der Waals surface area contributed by atoms with Gasteiger partial charge in [0.2, 0.25) is 0 Å². The maximum Gasteiger partial charge on any atom is 0.155 e. The van der Waals surface area contributed by atoms with Gasteiger partial charge >= 0.3 is 0 Å². The van der Waals surface area contributed by atoms with E-state index in [0.717, 1.165) is 31.1 Å². The Morgan fingerprint density at radius 3 is 2.35 bits per heavy atom. The van der Waals surface area contributed by atoms with Gasteiger partial charge in [-0.05, 0) is 90.9 Å². The largest absolute Gasteiger partial charge is 0.295 e.